The largest absolute Gasteiger partial charge is 0.339 e. The van der Waals surface area contributed by atoms with Gasteiger partial charge in [0.25, 0.3) is 0 Å². The van der Waals surface area contributed by atoms with Gasteiger partial charge in [0.1, 0.15) is 5.82 Å². The van der Waals surface area contributed by atoms with Crippen molar-refractivity contribution < 1.29 is 4.39 Å². The summed E-state index contributed by atoms with van der Waals surface area (Å²) >= 11 is 0.983. The predicted molar refractivity (Wildman–Crippen MR) is 78.0 cm³/mol. The van der Waals surface area contributed by atoms with Crippen molar-refractivity contribution in [3.05, 3.63) is 50.3 Å². The lowest BCUT2D eigenvalue weighted by atomic mass is 10.2. The van der Waals surface area contributed by atoms with Crippen LogP contribution in [0.15, 0.2) is 37.8 Å². The molecule has 0 bridgehead atoms. The highest BCUT2D eigenvalue weighted by molar-refractivity contribution is 7.99. The van der Waals surface area contributed by atoms with Crippen molar-refractivity contribution in [1.82, 2.24) is 20.1 Å². The summed E-state index contributed by atoms with van der Waals surface area (Å²) in [4.78, 5) is 26.3. The van der Waals surface area contributed by atoms with Gasteiger partial charge in [0, 0.05) is 13.6 Å². The van der Waals surface area contributed by atoms with Gasteiger partial charge in [-0.2, -0.15) is 4.98 Å². The van der Waals surface area contributed by atoms with Gasteiger partial charge in [0.2, 0.25) is 0 Å². The normalized spacial score (nSPS) is 10.8. The van der Waals surface area contributed by atoms with Crippen LogP contribution >= 0.6 is 11.8 Å². The SMILES string of the molecule is CCNCc1ccc(Sc2nc(=O)c(=O)[nH]n2C)c(F)c1. The van der Waals surface area contributed by atoms with Gasteiger partial charge in [0.15, 0.2) is 5.16 Å². The minimum absolute atomic E-state index is 0.220. The molecule has 1 aromatic carbocycles. The molecule has 0 amide bonds. The van der Waals surface area contributed by atoms with Crippen LogP contribution in [-0.4, -0.2) is 21.3 Å². The van der Waals surface area contributed by atoms with Crippen LogP contribution in [0.1, 0.15) is 12.5 Å². The second-order valence-electron chi connectivity index (χ2n) is 4.35. The monoisotopic (exact) mass is 310 g/mol. The Labute approximate surface area is 124 Å². The van der Waals surface area contributed by atoms with Crippen LogP contribution in [-0.2, 0) is 13.6 Å². The highest BCUT2D eigenvalue weighted by atomic mass is 32.2. The van der Waals surface area contributed by atoms with Crippen LogP contribution in [0.3, 0.4) is 0 Å². The minimum Gasteiger partial charge on any atom is -0.313 e. The number of nitrogens with one attached hydrogen (secondary N) is 2. The maximum Gasteiger partial charge on any atom is 0.339 e. The molecular weight excluding hydrogens is 295 g/mol. The molecule has 0 unspecified atom stereocenters. The van der Waals surface area contributed by atoms with Crippen LogP contribution < -0.4 is 16.4 Å². The zero-order valence-electron chi connectivity index (χ0n) is 11.6. The summed E-state index contributed by atoms with van der Waals surface area (Å²) < 4.78 is 15.3. The molecule has 2 N–H and O–H groups in total. The number of aryl methyl sites for hydroxylation is 1. The van der Waals surface area contributed by atoms with Gasteiger partial charge in [-0.25, -0.2) is 4.39 Å². The average molecular weight is 310 g/mol. The first-order valence-corrected chi connectivity index (χ1v) is 7.17. The molecule has 6 nitrogen and oxygen atoms in total. The van der Waals surface area contributed by atoms with Gasteiger partial charge in [-0.15, -0.1) is 0 Å². The number of rotatable bonds is 5. The molecule has 0 radical (unpaired) electrons. The number of H-pyrrole nitrogens is 1. The second kappa shape index (κ2) is 6.68. The predicted octanol–water partition coefficient (Wildman–Crippen LogP) is 0.868. The van der Waals surface area contributed by atoms with Gasteiger partial charge in [-0.1, -0.05) is 13.0 Å². The Morgan fingerprint density at radius 1 is 1.43 bits per heavy atom. The maximum atomic E-state index is 14.0. The van der Waals surface area contributed by atoms with E-state index in [2.05, 4.69) is 15.4 Å². The fourth-order valence-corrected chi connectivity index (χ4v) is 2.46. The summed E-state index contributed by atoms with van der Waals surface area (Å²) in [5, 5.41) is 5.65. The topological polar surface area (TPSA) is 79.8 Å². The molecule has 0 aliphatic carbocycles. The van der Waals surface area contributed by atoms with E-state index >= 15 is 0 Å². The first-order chi connectivity index (χ1) is 10.0. The third-order valence-corrected chi connectivity index (χ3v) is 3.82. The van der Waals surface area contributed by atoms with Gasteiger partial charge >= 0.3 is 11.1 Å². The summed E-state index contributed by atoms with van der Waals surface area (Å²) in [6, 6.07) is 4.87. The molecule has 8 heteroatoms. The summed E-state index contributed by atoms with van der Waals surface area (Å²) in [6.07, 6.45) is 0. The Morgan fingerprint density at radius 2 is 2.19 bits per heavy atom. The zero-order chi connectivity index (χ0) is 15.4. The molecule has 0 atom stereocenters. The Morgan fingerprint density at radius 3 is 2.86 bits per heavy atom. The molecule has 0 saturated carbocycles. The first-order valence-electron chi connectivity index (χ1n) is 6.35. The van der Waals surface area contributed by atoms with Gasteiger partial charge in [0.05, 0.1) is 4.90 Å². The standard InChI is InChI=1S/C13H15FN4O2S/c1-3-15-7-8-4-5-10(9(14)6-8)21-13-16-11(19)12(20)17-18(13)2/h4-6,15H,3,7H2,1-2H3,(H,17,20). The van der Waals surface area contributed by atoms with Gasteiger partial charge in [-0.3, -0.25) is 19.4 Å². The minimum atomic E-state index is -0.889. The quantitative estimate of drug-likeness (QED) is 0.801. The van der Waals surface area contributed by atoms with E-state index in [1.54, 1.807) is 12.1 Å². The third-order valence-electron chi connectivity index (χ3n) is 2.72. The van der Waals surface area contributed by atoms with Crippen molar-refractivity contribution >= 4 is 11.8 Å². The second-order valence-corrected chi connectivity index (χ2v) is 5.36. The molecular formula is C13H15FN4O2S. The van der Waals surface area contributed by atoms with Crippen molar-refractivity contribution in [2.24, 2.45) is 7.05 Å². The molecule has 0 spiro atoms. The number of benzene rings is 1. The molecule has 0 saturated heterocycles. The van der Waals surface area contributed by atoms with Crippen molar-refractivity contribution in [1.29, 1.82) is 0 Å². The summed E-state index contributed by atoms with van der Waals surface area (Å²) in [7, 11) is 1.54. The molecule has 2 aromatic rings. The zero-order valence-corrected chi connectivity index (χ0v) is 12.5. The van der Waals surface area contributed by atoms with E-state index in [-0.39, 0.29) is 5.16 Å². The smallest absolute Gasteiger partial charge is 0.313 e. The van der Waals surface area contributed by atoms with Crippen molar-refractivity contribution in [2.45, 2.75) is 23.5 Å². The molecule has 1 heterocycles. The van der Waals surface area contributed by atoms with Gasteiger partial charge in [-0.05, 0) is 36.0 Å². The lowest BCUT2D eigenvalue weighted by molar-refractivity contribution is 0.585. The molecule has 1 aromatic heterocycles. The average Bonchev–Trinajstić information content (AvgIpc) is 2.45. The lowest BCUT2D eigenvalue weighted by Gasteiger charge is -2.08. The van der Waals surface area contributed by atoms with E-state index in [9.17, 15) is 14.0 Å². The number of aromatic amines is 1. The maximum absolute atomic E-state index is 14.0. The Bertz CT molecular complexity index is 757. The fourth-order valence-electron chi connectivity index (χ4n) is 1.66. The Kier molecular flexibility index (Phi) is 4.92. The van der Waals surface area contributed by atoms with E-state index in [4.69, 9.17) is 0 Å². The van der Waals surface area contributed by atoms with Crippen LogP contribution in [0.5, 0.6) is 0 Å². The first kappa shape index (κ1) is 15.5. The van der Waals surface area contributed by atoms with Crippen LogP contribution in [0.4, 0.5) is 4.39 Å². The highest BCUT2D eigenvalue weighted by Gasteiger charge is 2.10. The summed E-state index contributed by atoms with van der Waals surface area (Å²) in [5.74, 6) is -0.393. The molecule has 0 fully saturated rings. The molecule has 21 heavy (non-hydrogen) atoms. The van der Waals surface area contributed by atoms with Crippen molar-refractivity contribution in [3.8, 4) is 0 Å². The van der Waals surface area contributed by atoms with E-state index in [1.807, 2.05) is 6.92 Å². The Hall–Kier alpha value is -1.93. The van der Waals surface area contributed by atoms with E-state index in [0.717, 1.165) is 23.9 Å². The number of nitrogens with zero attached hydrogens (tertiary/aromatic N) is 2. The number of halogens is 1. The number of aromatic nitrogens is 3. The molecule has 112 valence electrons. The van der Waals surface area contributed by atoms with Gasteiger partial charge < -0.3 is 5.32 Å². The fraction of sp³-hybridized carbons (Fsp3) is 0.308. The summed E-state index contributed by atoms with van der Waals surface area (Å²) in [5.41, 5.74) is -0.856. The van der Waals surface area contributed by atoms with Crippen molar-refractivity contribution in [3.63, 3.8) is 0 Å². The number of hydrogen-bond acceptors (Lipinski definition) is 5. The summed E-state index contributed by atoms with van der Waals surface area (Å²) in [6.45, 7) is 3.37. The van der Waals surface area contributed by atoms with Crippen LogP contribution in [0, 0.1) is 5.82 Å². The van der Waals surface area contributed by atoms with E-state index < -0.39 is 16.9 Å². The highest BCUT2D eigenvalue weighted by Crippen LogP contribution is 2.27. The van der Waals surface area contributed by atoms with Crippen molar-refractivity contribution in [2.75, 3.05) is 6.54 Å². The van der Waals surface area contributed by atoms with E-state index in [1.165, 1.54) is 17.8 Å². The lowest BCUT2D eigenvalue weighted by Crippen LogP contribution is -2.33. The van der Waals surface area contributed by atoms with E-state index in [0.29, 0.717) is 11.4 Å². The third kappa shape index (κ3) is 3.79. The van der Waals surface area contributed by atoms with Crippen LogP contribution in [0.2, 0.25) is 0 Å². The Balaban J connectivity index is 2.26. The number of hydrogen-bond donors (Lipinski definition) is 2. The molecule has 0 aliphatic rings. The molecule has 2 rings (SSSR count). The van der Waals surface area contributed by atoms with Crippen LogP contribution in [0.25, 0.3) is 0 Å². The molecule has 0 aliphatic heterocycles.